The second kappa shape index (κ2) is 11.0. The van der Waals surface area contributed by atoms with Crippen molar-refractivity contribution in [3.8, 4) is 6.07 Å². The van der Waals surface area contributed by atoms with E-state index in [-0.39, 0.29) is 18.6 Å². The van der Waals surface area contributed by atoms with E-state index in [1.807, 2.05) is 54.6 Å². The van der Waals surface area contributed by atoms with Gasteiger partial charge < -0.3 is 25.2 Å². The number of likely N-dealkylation sites (tertiary alicyclic amines) is 1. The zero-order chi connectivity index (χ0) is 28.5. The molecule has 4 heterocycles. The lowest BCUT2D eigenvalue weighted by Gasteiger charge is -2.38. The standard InChI is InChI=1S/C31H33N7O3/c1-21-27(23-11-13-37(14-12-23)31(40)41-20-22-7-3-2-4-8-22)24(19-32)28-34-25-9-5-6-10-26(25)38(28)29(21)35-15-17-36(18-16-35)30(33)39/h2-10,23H,11-18,20H2,1H3,(H2,33,39). The topological polar surface area (TPSA) is 120 Å². The first-order chi connectivity index (χ1) is 20.0. The number of nitrogens with zero attached hydrogens (tertiary/aromatic N) is 6. The number of nitriles is 1. The molecule has 2 aliphatic heterocycles. The predicted octanol–water partition coefficient (Wildman–Crippen LogP) is 4.38. The maximum absolute atomic E-state index is 12.8. The average Bonchev–Trinajstić information content (AvgIpc) is 3.39. The van der Waals surface area contributed by atoms with Crippen LogP contribution in [0.4, 0.5) is 15.4 Å². The van der Waals surface area contributed by atoms with Crippen LogP contribution in [0, 0.1) is 18.3 Å². The number of pyridine rings is 1. The first kappa shape index (κ1) is 26.4. The lowest BCUT2D eigenvalue weighted by molar-refractivity contribution is 0.0870. The summed E-state index contributed by atoms with van der Waals surface area (Å²) in [5, 5.41) is 10.5. The minimum atomic E-state index is -0.408. The molecule has 2 N–H and O–H groups in total. The highest BCUT2D eigenvalue weighted by Gasteiger charge is 2.32. The third kappa shape index (κ3) is 4.88. The van der Waals surface area contributed by atoms with Crippen LogP contribution >= 0.6 is 0 Å². The fraction of sp³-hybridized carbons (Fsp3) is 0.355. The van der Waals surface area contributed by atoms with Crippen molar-refractivity contribution < 1.29 is 14.3 Å². The second-order valence-electron chi connectivity index (χ2n) is 10.7. The molecule has 2 fully saturated rings. The predicted molar refractivity (Wildman–Crippen MR) is 156 cm³/mol. The van der Waals surface area contributed by atoms with Crippen molar-refractivity contribution in [1.29, 1.82) is 5.26 Å². The summed E-state index contributed by atoms with van der Waals surface area (Å²) >= 11 is 0. The number of piperazine rings is 1. The number of anilines is 1. The highest BCUT2D eigenvalue weighted by molar-refractivity contribution is 5.86. The maximum Gasteiger partial charge on any atom is 0.410 e. The van der Waals surface area contributed by atoms with E-state index >= 15 is 0 Å². The molecule has 41 heavy (non-hydrogen) atoms. The largest absolute Gasteiger partial charge is 0.445 e. The Morgan fingerprint density at radius 1 is 0.976 bits per heavy atom. The first-order valence-electron chi connectivity index (χ1n) is 14.0. The Bertz CT molecular complexity index is 1640. The molecule has 0 spiro atoms. The van der Waals surface area contributed by atoms with Gasteiger partial charge in [0.15, 0.2) is 5.65 Å². The number of hydrogen-bond acceptors (Lipinski definition) is 6. The van der Waals surface area contributed by atoms with Crippen molar-refractivity contribution in [2.24, 2.45) is 5.73 Å². The van der Waals surface area contributed by atoms with E-state index in [2.05, 4.69) is 22.3 Å². The molecule has 2 saturated heterocycles. The van der Waals surface area contributed by atoms with E-state index in [0.717, 1.165) is 46.4 Å². The van der Waals surface area contributed by atoms with Gasteiger partial charge in [0, 0.05) is 39.3 Å². The zero-order valence-corrected chi connectivity index (χ0v) is 23.1. The number of nitrogens with two attached hydrogens (primary N) is 1. The number of amides is 3. The van der Waals surface area contributed by atoms with Gasteiger partial charge in [0.1, 0.15) is 18.5 Å². The monoisotopic (exact) mass is 551 g/mol. The van der Waals surface area contributed by atoms with Gasteiger partial charge >= 0.3 is 12.1 Å². The molecule has 0 saturated carbocycles. The summed E-state index contributed by atoms with van der Waals surface area (Å²) in [6, 6.07) is 19.7. The van der Waals surface area contributed by atoms with Crippen LogP contribution in [0.5, 0.6) is 0 Å². The first-order valence-corrected chi connectivity index (χ1v) is 14.0. The summed E-state index contributed by atoms with van der Waals surface area (Å²) in [7, 11) is 0. The highest BCUT2D eigenvalue weighted by atomic mass is 16.6. The number of imidazole rings is 1. The van der Waals surface area contributed by atoms with Crippen molar-refractivity contribution in [3.63, 3.8) is 0 Å². The molecule has 10 heteroatoms. The van der Waals surface area contributed by atoms with Gasteiger partial charge in [0.25, 0.3) is 0 Å². The van der Waals surface area contributed by atoms with Crippen LogP contribution in [0.25, 0.3) is 16.7 Å². The van der Waals surface area contributed by atoms with Crippen LogP contribution in [0.3, 0.4) is 0 Å². The van der Waals surface area contributed by atoms with Crippen LogP contribution in [0.1, 0.15) is 41.0 Å². The summed E-state index contributed by atoms with van der Waals surface area (Å²) in [4.78, 5) is 35.2. The number of urea groups is 1. The Balaban J connectivity index is 1.32. The van der Waals surface area contributed by atoms with Crippen LogP contribution in [0.2, 0.25) is 0 Å². The number of carbonyl (C=O) groups excluding carboxylic acids is 2. The zero-order valence-electron chi connectivity index (χ0n) is 23.1. The number of aromatic nitrogens is 2. The summed E-state index contributed by atoms with van der Waals surface area (Å²) in [6.07, 6.45) is 1.13. The lowest BCUT2D eigenvalue weighted by atomic mass is 9.84. The van der Waals surface area contributed by atoms with Crippen LogP contribution in [-0.4, -0.2) is 70.6 Å². The molecule has 0 bridgehead atoms. The molecule has 6 rings (SSSR count). The molecule has 2 aliphatic rings. The number of primary amides is 1. The Morgan fingerprint density at radius 3 is 2.34 bits per heavy atom. The summed E-state index contributed by atoms with van der Waals surface area (Å²) in [5.74, 6) is 1.09. The number of carbonyl (C=O) groups is 2. The third-order valence-corrected chi connectivity index (χ3v) is 8.37. The summed E-state index contributed by atoms with van der Waals surface area (Å²) in [5.41, 5.74) is 11.5. The number of benzene rings is 2. The molecule has 0 radical (unpaired) electrons. The third-order valence-electron chi connectivity index (χ3n) is 8.37. The van der Waals surface area contributed by atoms with Gasteiger partial charge in [-0.25, -0.2) is 14.6 Å². The van der Waals surface area contributed by atoms with E-state index in [0.29, 0.717) is 50.5 Å². The Hall–Kier alpha value is -4.78. The molecule has 0 unspecified atom stereocenters. The number of ether oxygens (including phenoxy) is 1. The summed E-state index contributed by atoms with van der Waals surface area (Å²) in [6.45, 7) is 5.75. The Labute approximate surface area is 238 Å². The normalized spacial score (nSPS) is 16.2. The van der Waals surface area contributed by atoms with E-state index in [4.69, 9.17) is 15.5 Å². The van der Waals surface area contributed by atoms with Crippen molar-refractivity contribution in [2.75, 3.05) is 44.2 Å². The molecule has 0 aliphatic carbocycles. The van der Waals surface area contributed by atoms with Crippen LogP contribution in [-0.2, 0) is 11.3 Å². The number of rotatable bonds is 4. The average molecular weight is 552 g/mol. The summed E-state index contributed by atoms with van der Waals surface area (Å²) < 4.78 is 7.67. The van der Waals surface area contributed by atoms with Gasteiger partial charge in [-0.2, -0.15) is 5.26 Å². The molecule has 10 nitrogen and oxygen atoms in total. The van der Waals surface area contributed by atoms with Crippen molar-refractivity contribution in [3.05, 3.63) is 76.9 Å². The second-order valence-corrected chi connectivity index (χ2v) is 10.7. The number of fused-ring (bicyclic) bond motifs is 3. The van der Waals surface area contributed by atoms with Gasteiger partial charge in [-0.05, 0) is 54.5 Å². The van der Waals surface area contributed by atoms with Crippen molar-refractivity contribution in [2.45, 2.75) is 32.3 Å². The quantitative estimate of drug-likeness (QED) is 0.402. The molecular formula is C31H33N7O3. The highest BCUT2D eigenvalue weighted by Crippen LogP contribution is 2.40. The number of hydrogen-bond donors (Lipinski definition) is 1. The Kier molecular flexibility index (Phi) is 7.10. The smallest absolute Gasteiger partial charge is 0.410 e. The molecule has 4 aromatic rings. The molecule has 210 valence electrons. The molecule has 2 aromatic carbocycles. The lowest BCUT2D eigenvalue weighted by Crippen LogP contribution is -2.51. The van der Waals surface area contributed by atoms with Gasteiger partial charge in [-0.1, -0.05) is 42.5 Å². The van der Waals surface area contributed by atoms with E-state index < -0.39 is 6.03 Å². The fourth-order valence-electron chi connectivity index (χ4n) is 6.30. The SMILES string of the molecule is Cc1c(C2CCN(C(=O)OCc3ccccc3)CC2)c(C#N)c2nc3ccccc3n2c1N1CCN(C(N)=O)CC1. The van der Waals surface area contributed by atoms with E-state index in [1.165, 1.54) is 0 Å². The van der Waals surface area contributed by atoms with Crippen LogP contribution < -0.4 is 10.6 Å². The molecule has 0 atom stereocenters. The van der Waals surface area contributed by atoms with Gasteiger partial charge in [-0.3, -0.25) is 4.40 Å². The number of para-hydroxylation sites is 2. The van der Waals surface area contributed by atoms with Gasteiger partial charge in [0.05, 0.1) is 16.6 Å². The maximum atomic E-state index is 12.8. The van der Waals surface area contributed by atoms with E-state index in [1.54, 1.807) is 9.80 Å². The van der Waals surface area contributed by atoms with Gasteiger partial charge in [-0.15, -0.1) is 0 Å². The molecule has 3 amide bonds. The van der Waals surface area contributed by atoms with Gasteiger partial charge in [0.2, 0.25) is 0 Å². The van der Waals surface area contributed by atoms with Crippen molar-refractivity contribution >= 4 is 34.6 Å². The van der Waals surface area contributed by atoms with E-state index in [9.17, 15) is 14.9 Å². The van der Waals surface area contributed by atoms with Crippen LogP contribution in [0.15, 0.2) is 54.6 Å². The fourth-order valence-corrected chi connectivity index (χ4v) is 6.30. The number of piperidine rings is 1. The minimum absolute atomic E-state index is 0.0956. The minimum Gasteiger partial charge on any atom is -0.445 e. The molecular weight excluding hydrogens is 518 g/mol. The molecule has 2 aromatic heterocycles. The Morgan fingerprint density at radius 2 is 1.66 bits per heavy atom. The van der Waals surface area contributed by atoms with Crippen molar-refractivity contribution in [1.82, 2.24) is 19.2 Å².